The number of aromatic hydroxyl groups is 1. The number of nitrogens with zero attached hydrogens (tertiary/aromatic N) is 1. The lowest BCUT2D eigenvalue weighted by molar-refractivity contribution is -0.139. The molecule has 1 heterocycles. The molecule has 0 amide bonds. The van der Waals surface area contributed by atoms with Crippen LogP contribution in [0.4, 0.5) is 0 Å². The van der Waals surface area contributed by atoms with Crippen LogP contribution in [0.5, 0.6) is 5.75 Å². The number of aliphatic carboxylic acids is 1. The van der Waals surface area contributed by atoms with Gasteiger partial charge in [0.25, 0.3) is 0 Å². The highest BCUT2D eigenvalue weighted by Gasteiger charge is 2.18. The number of pyridine rings is 1. The number of nitrogens with one attached hydrogen (secondary N) is 1. The summed E-state index contributed by atoms with van der Waals surface area (Å²) >= 11 is 0. The smallest absolute Gasteiger partial charge is 0.325 e. The summed E-state index contributed by atoms with van der Waals surface area (Å²) in [5.74, 6) is -0.852. The molecule has 0 bridgehead atoms. The van der Waals surface area contributed by atoms with Crippen LogP contribution in [-0.4, -0.2) is 21.2 Å². The highest BCUT2D eigenvalue weighted by molar-refractivity contribution is 5.75. The number of carbonyl (C=O) groups is 1. The van der Waals surface area contributed by atoms with Crippen LogP contribution >= 0.6 is 0 Å². The SMILES string of the molecule is O=C(O)C(NCc1cccnc1)c1ccc(O)cc1. The molecule has 0 saturated heterocycles. The second-order valence-corrected chi connectivity index (χ2v) is 4.10. The minimum absolute atomic E-state index is 0.111. The summed E-state index contributed by atoms with van der Waals surface area (Å²) in [6.45, 7) is 0.408. The molecular weight excluding hydrogens is 244 g/mol. The van der Waals surface area contributed by atoms with Gasteiger partial charge < -0.3 is 10.2 Å². The van der Waals surface area contributed by atoms with Gasteiger partial charge in [-0.15, -0.1) is 0 Å². The van der Waals surface area contributed by atoms with Crippen LogP contribution in [0.3, 0.4) is 0 Å². The average Bonchev–Trinajstić information content (AvgIpc) is 2.42. The van der Waals surface area contributed by atoms with Crippen molar-refractivity contribution in [2.45, 2.75) is 12.6 Å². The van der Waals surface area contributed by atoms with E-state index in [2.05, 4.69) is 10.3 Å². The first-order valence-electron chi connectivity index (χ1n) is 5.81. The highest BCUT2D eigenvalue weighted by atomic mass is 16.4. The number of carboxylic acids is 1. The van der Waals surface area contributed by atoms with Crippen molar-refractivity contribution in [3.8, 4) is 5.75 Å². The molecule has 0 radical (unpaired) electrons. The molecule has 19 heavy (non-hydrogen) atoms. The maximum atomic E-state index is 11.3. The molecule has 3 N–H and O–H groups in total. The van der Waals surface area contributed by atoms with Crippen molar-refractivity contribution in [1.82, 2.24) is 10.3 Å². The Labute approximate surface area is 110 Å². The molecule has 1 atom stereocenters. The fraction of sp³-hybridized carbons (Fsp3) is 0.143. The quantitative estimate of drug-likeness (QED) is 0.760. The Balaban J connectivity index is 2.09. The van der Waals surface area contributed by atoms with Crippen molar-refractivity contribution in [3.63, 3.8) is 0 Å². The average molecular weight is 258 g/mol. The number of benzene rings is 1. The summed E-state index contributed by atoms with van der Waals surface area (Å²) in [6, 6.07) is 8.96. The summed E-state index contributed by atoms with van der Waals surface area (Å²) in [4.78, 5) is 15.2. The van der Waals surface area contributed by atoms with E-state index in [1.807, 2.05) is 6.07 Å². The molecule has 0 fully saturated rings. The van der Waals surface area contributed by atoms with Crippen LogP contribution in [-0.2, 0) is 11.3 Å². The molecule has 2 rings (SSSR count). The Hall–Kier alpha value is -2.40. The lowest BCUT2D eigenvalue weighted by Crippen LogP contribution is -2.28. The van der Waals surface area contributed by atoms with Gasteiger partial charge in [-0.25, -0.2) is 0 Å². The number of phenolic OH excluding ortho intramolecular Hbond substituents is 1. The van der Waals surface area contributed by atoms with Gasteiger partial charge in [-0.2, -0.15) is 0 Å². The van der Waals surface area contributed by atoms with Gasteiger partial charge >= 0.3 is 5.97 Å². The van der Waals surface area contributed by atoms with Crippen molar-refractivity contribution in [2.24, 2.45) is 0 Å². The molecule has 1 aromatic carbocycles. The molecule has 1 unspecified atom stereocenters. The van der Waals surface area contributed by atoms with Crippen LogP contribution in [0.2, 0.25) is 0 Å². The first-order chi connectivity index (χ1) is 9.16. The highest BCUT2D eigenvalue weighted by Crippen LogP contribution is 2.17. The molecule has 0 aliphatic heterocycles. The standard InChI is InChI=1S/C14H14N2O3/c17-12-5-3-11(4-6-12)13(14(18)19)16-9-10-2-1-7-15-8-10/h1-8,13,16-17H,9H2,(H,18,19). The van der Waals surface area contributed by atoms with Gasteiger partial charge in [0.1, 0.15) is 11.8 Å². The number of aromatic nitrogens is 1. The first kappa shape index (κ1) is 13.0. The van der Waals surface area contributed by atoms with Crippen molar-refractivity contribution < 1.29 is 15.0 Å². The van der Waals surface area contributed by atoms with Crippen LogP contribution in [0.25, 0.3) is 0 Å². The van der Waals surface area contributed by atoms with Crippen molar-refractivity contribution in [3.05, 3.63) is 59.9 Å². The molecule has 2 aromatic rings. The maximum absolute atomic E-state index is 11.3. The van der Waals surface area contributed by atoms with Crippen LogP contribution < -0.4 is 5.32 Å². The summed E-state index contributed by atoms with van der Waals surface area (Å²) < 4.78 is 0. The van der Waals surface area contributed by atoms with E-state index < -0.39 is 12.0 Å². The zero-order valence-electron chi connectivity index (χ0n) is 10.2. The molecule has 1 aromatic heterocycles. The Bertz CT molecular complexity index is 540. The third-order valence-electron chi connectivity index (χ3n) is 2.71. The fourth-order valence-corrected chi connectivity index (χ4v) is 1.74. The van der Waals surface area contributed by atoms with Gasteiger partial charge in [0.15, 0.2) is 0 Å². The molecule has 0 aliphatic rings. The Morgan fingerprint density at radius 1 is 1.26 bits per heavy atom. The van der Waals surface area contributed by atoms with Crippen molar-refractivity contribution in [2.75, 3.05) is 0 Å². The van der Waals surface area contributed by atoms with E-state index in [0.29, 0.717) is 12.1 Å². The normalized spacial score (nSPS) is 12.0. The molecule has 5 nitrogen and oxygen atoms in total. The predicted octanol–water partition coefficient (Wildman–Crippen LogP) is 1.70. The van der Waals surface area contributed by atoms with E-state index in [4.69, 9.17) is 0 Å². The van der Waals surface area contributed by atoms with Gasteiger partial charge in [-0.1, -0.05) is 18.2 Å². The second-order valence-electron chi connectivity index (χ2n) is 4.10. The third-order valence-corrected chi connectivity index (χ3v) is 2.71. The number of hydrogen-bond acceptors (Lipinski definition) is 4. The van der Waals surface area contributed by atoms with Gasteiger partial charge in [-0.05, 0) is 29.3 Å². The second kappa shape index (κ2) is 5.97. The van der Waals surface area contributed by atoms with E-state index >= 15 is 0 Å². The maximum Gasteiger partial charge on any atom is 0.325 e. The number of carboxylic acid groups (broad SMARTS) is 1. The minimum atomic E-state index is -0.963. The zero-order valence-corrected chi connectivity index (χ0v) is 10.2. The van der Waals surface area contributed by atoms with Gasteiger partial charge in [0.2, 0.25) is 0 Å². The van der Waals surface area contributed by atoms with Crippen LogP contribution in [0.1, 0.15) is 17.2 Å². The fourth-order valence-electron chi connectivity index (χ4n) is 1.74. The lowest BCUT2D eigenvalue weighted by Gasteiger charge is -2.14. The predicted molar refractivity (Wildman–Crippen MR) is 69.6 cm³/mol. The van der Waals surface area contributed by atoms with E-state index in [9.17, 15) is 15.0 Å². The molecular formula is C14H14N2O3. The van der Waals surface area contributed by atoms with Gasteiger partial charge in [0.05, 0.1) is 0 Å². The summed E-state index contributed by atoms with van der Waals surface area (Å²) in [6.07, 6.45) is 3.35. The summed E-state index contributed by atoms with van der Waals surface area (Å²) in [5, 5.41) is 21.4. The van der Waals surface area contributed by atoms with Gasteiger partial charge in [0, 0.05) is 18.9 Å². The van der Waals surface area contributed by atoms with Crippen molar-refractivity contribution in [1.29, 1.82) is 0 Å². The lowest BCUT2D eigenvalue weighted by atomic mass is 10.1. The topological polar surface area (TPSA) is 82.5 Å². The number of rotatable bonds is 5. The first-order valence-corrected chi connectivity index (χ1v) is 5.81. The van der Waals surface area contributed by atoms with Crippen LogP contribution in [0, 0.1) is 0 Å². The Kier molecular flexibility index (Phi) is 4.10. The Morgan fingerprint density at radius 2 is 2.00 bits per heavy atom. The number of hydrogen-bond donors (Lipinski definition) is 3. The zero-order chi connectivity index (χ0) is 13.7. The van der Waals surface area contributed by atoms with Crippen LogP contribution in [0.15, 0.2) is 48.8 Å². The van der Waals surface area contributed by atoms with E-state index in [1.54, 1.807) is 30.6 Å². The summed E-state index contributed by atoms with van der Waals surface area (Å²) in [7, 11) is 0. The summed E-state index contributed by atoms with van der Waals surface area (Å²) in [5.41, 5.74) is 1.50. The van der Waals surface area contributed by atoms with Crippen molar-refractivity contribution >= 4 is 5.97 Å². The monoisotopic (exact) mass is 258 g/mol. The van der Waals surface area contributed by atoms with Gasteiger partial charge in [-0.3, -0.25) is 15.1 Å². The molecule has 0 saturated carbocycles. The Morgan fingerprint density at radius 3 is 2.58 bits per heavy atom. The molecule has 98 valence electrons. The molecule has 0 aliphatic carbocycles. The third kappa shape index (κ3) is 3.53. The number of phenols is 1. The van der Waals surface area contributed by atoms with E-state index in [0.717, 1.165) is 5.56 Å². The van der Waals surface area contributed by atoms with E-state index in [-0.39, 0.29) is 5.75 Å². The molecule has 0 spiro atoms. The van der Waals surface area contributed by atoms with E-state index in [1.165, 1.54) is 12.1 Å². The minimum Gasteiger partial charge on any atom is -0.508 e. The largest absolute Gasteiger partial charge is 0.508 e. The molecule has 5 heteroatoms.